The number of anilines is 8. The number of nitrogens with one attached hydrogen (secondary N) is 8. The minimum Gasteiger partial charge on any atom is -0.453 e. The van der Waals surface area contributed by atoms with Crippen LogP contribution < -0.4 is 52.3 Å². The second kappa shape index (κ2) is 25.4. The maximum absolute atomic E-state index is 12.0. The number of nitriles is 4. The largest absolute Gasteiger partial charge is 0.453 e. The third-order valence-electron chi connectivity index (χ3n) is 13.6. The van der Waals surface area contributed by atoms with Gasteiger partial charge in [-0.05, 0) is 51.0 Å². The third kappa shape index (κ3) is 12.4. The SMILES string of the molecule is CCNc1nc(Nc2cc(C#N)cc(N3CC[C@@H](NC(=O)OC)[C@@H](NC4COC4)C3)c2Cl)nn2c(C#N)cnc12.CCNc1nc(Nc2cc(C#N)cc(N3CC[C@@H](NC(=O)OC)[C@H](NC4COC4)C3)c2Cl)nn2c(C#N)cnc12. The lowest BCUT2D eigenvalue weighted by Crippen LogP contribution is -2.64. The van der Waals surface area contributed by atoms with Gasteiger partial charge in [0.05, 0.1) is 133 Å². The molecule has 8 heterocycles. The second-order valence-electron chi connectivity index (χ2n) is 18.8. The number of aromatic nitrogens is 8. The number of imidazole rings is 2. The molecule has 10 rings (SSSR count). The summed E-state index contributed by atoms with van der Waals surface area (Å²) in [5, 5.41) is 73.7. The maximum Gasteiger partial charge on any atom is 0.407 e. The van der Waals surface area contributed by atoms with Crippen molar-refractivity contribution >= 4 is 93.0 Å². The Morgan fingerprint density at radius 3 is 1.39 bits per heavy atom. The summed E-state index contributed by atoms with van der Waals surface area (Å²) >= 11 is 13.9. The minimum atomic E-state index is -0.488. The molecule has 0 aliphatic carbocycles. The number of carbonyl (C=O) groups is 2. The molecular formula is C50H56Cl2N22O6. The number of ether oxygens (including phenoxy) is 4. The van der Waals surface area contributed by atoms with Crippen molar-refractivity contribution in [3.63, 3.8) is 0 Å². The molecule has 4 atom stereocenters. The predicted molar refractivity (Wildman–Crippen MR) is 294 cm³/mol. The van der Waals surface area contributed by atoms with Gasteiger partial charge >= 0.3 is 12.2 Å². The number of amides is 2. The Bertz CT molecular complexity index is 3210. The Morgan fingerprint density at radius 1 is 0.637 bits per heavy atom. The molecule has 4 aliphatic rings. The molecule has 28 nitrogen and oxygen atoms in total. The van der Waals surface area contributed by atoms with Crippen LogP contribution in [-0.2, 0) is 18.9 Å². The number of methoxy groups -OCH3 is 2. The van der Waals surface area contributed by atoms with Gasteiger partial charge in [0.2, 0.25) is 11.9 Å². The van der Waals surface area contributed by atoms with Crippen LogP contribution in [-0.4, -0.2) is 168 Å². The molecule has 4 fully saturated rings. The van der Waals surface area contributed by atoms with E-state index in [1.54, 1.807) is 24.3 Å². The van der Waals surface area contributed by atoms with Gasteiger partial charge in [0.25, 0.3) is 0 Å². The van der Waals surface area contributed by atoms with Gasteiger partial charge in [0.1, 0.15) is 12.1 Å². The van der Waals surface area contributed by atoms with Crippen molar-refractivity contribution in [3.05, 3.63) is 69.2 Å². The fraction of sp³-hybridized carbons (Fsp3) is 0.440. The van der Waals surface area contributed by atoms with Gasteiger partial charge in [0, 0.05) is 51.4 Å². The molecule has 0 saturated carbocycles. The van der Waals surface area contributed by atoms with Crippen LogP contribution in [0.5, 0.6) is 0 Å². The zero-order chi connectivity index (χ0) is 56.5. The average molecular weight is 1130 g/mol. The lowest BCUT2D eigenvalue weighted by atomic mass is 9.97. The van der Waals surface area contributed by atoms with Crippen molar-refractivity contribution in [1.29, 1.82) is 21.0 Å². The number of carbonyl (C=O) groups excluding carboxylic acids is 2. The molecule has 416 valence electrons. The van der Waals surface area contributed by atoms with E-state index in [4.69, 9.17) is 42.1 Å². The zero-order valence-electron chi connectivity index (χ0n) is 43.9. The highest BCUT2D eigenvalue weighted by molar-refractivity contribution is 6.36. The topological polar surface area (TPSA) is 355 Å². The number of hydrogen-bond donors (Lipinski definition) is 8. The van der Waals surface area contributed by atoms with E-state index in [-0.39, 0.29) is 59.5 Å². The Labute approximate surface area is 468 Å². The fourth-order valence-corrected chi connectivity index (χ4v) is 10.1. The van der Waals surface area contributed by atoms with E-state index in [0.717, 1.165) is 0 Å². The number of nitrogens with zero attached hydrogens (tertiary/aromatic N) is 14. The highest BCUT2D eigenvalue weighted by Crippen LogP contribution is 2.39. The van der Waals surface area contributed by atoms with E-state index in [1.807, 2.05) is 13.8 Å². The summed E-state index contributed by atoms with van der Waals surface area (Å²) in [6, 6.07) is 15.1. The van der Waals surface area contributed by atoms with Crippen LogP contribution in [0.25, 0.3) is 11.3 Å². The molecule has 2 amide bonds. The lowest BCUT2D eigenvalue weighted by Gasteiger charge is -2.43. The van der Waals surface area contributed by atoms with Crippen molar-refractivity contribution in [3.8, 4) is 24.3 Å². The van der Waals surface area contributed by atoms with Crippen molar-refractivity contribution < 1.29 is 28.5 Å². The zero-order valence-corrected chi connectivity index (χ0v) is 45.4. The summed E-state index contributed by atoms with van der Waals surface area (Å²) in [5.74, 6) is 1.24. The lowest BCUT2D eigenvalue weighted by molar-refractivity contribution is -0.0124. The van der Waals surface area contributed by atoms with Gasteiger partial charge in [-0.1, -0.05) is 23.2 Å². The van der Waals surface area contributed by atoms with Crippen molar-refractivity contribution in [1.82, 2.24) is 60.4 Å². The van der Waals surface area contributed by atoms with Crippen molar-refractivity contribution in [2.24, 2.45) is 0 Å². The number of benzene rings is 2. The molecular weight excluding hydrogens is 1080 g/mol. The summed E-state index contributed by atoms with van der Waals surface area (Å²) in [6.45, 7) is 9.61. The van der Waals surface area contributed by atoms with Crippen LogP contribution in [0, 0.1) is 45.3 Å². The second-order valence-corrected chi connectivity index (χ2v) is 19.5. The molecule has 2 aromatic carbocycles. The number of alkyl carbamates (subject to hydrolysis) is 2. The summed E-state index contributed by atoms with van der Waals surface area (Å²) in [5.41, 5.74) is 4.29. The highest BCUT2D eigenvalue weighted by Gasteiger charge is 2.37. The maximum atomic E-state index is 12.0. The first-order valence-electron chi connectivity index (χ1n) is 25.5. The van der Waals surface area contributed by atoms with Gasteiger partial charge in [-0.2, -0.15) is 40.0 Å². The molecule has 0 bridgehead atoms. The van der Waals surface area contributed by atoms with Gasteiger partial charge < -0.3 is 71.3 Å². The van der Waals surface area contributed by atoms with Gasteiger partial charge in [-0.25, -0.2) is 19.6 Å². The standard InChI is InChI=1S/2C25H28ClN11O3/c2*1-3-29-22-23-30-10-16(9-28)37(23)35-24(34-22)32-18-6-14(8-27)7-20(21(18)26)36-5-4-17(33-25(38)39-2)19(11-36)31-15-12-40-13-15/h2*6-7,10,15,17,19,31H,3-5,11-13H2,1-2H3,(H,33,38)(H2,29,32,34,35)/t17-,19+;17-,19-/m11/s1. The summed E-state index contributed by atoms with van der Waals surface area (Å²) in [4.78, 5) is 45.6. The van der Waals surface area contributed by atoms with E-state index < -0.39 is 12.2 Å². The van der Waals surface area contributed by atoms with Crippen LogP contribution in [0.2, 0.25) is 10.0 Å². The molecule has 0 unspecified atom stereocenters. The van der Waals surface area contributed by atoms with E-state index >= 15 is 0 Å². The third-order valence-corrected chi connectivity index (χ3v) is 14.4. The summed E-state index contributed by atoms with van der Waals surface area (Å²) in [7, 11) is 2.68. The Balaban J connectivity index is 0.000000194. The van der Waals surface area contributed by atoms with Gasteiger partial charge in [-0.3, -0.25) is 0 Å². The first-order valence-corrected chi connectivity index (χ1v) is 26.3. The van der Waals surface area contributed by atoms with Crippen LogP contribution in [0.1, 0.15) is 49.2 Å². The smallest absolute Gasteiger partial charge is 0.407 e. The van der Waals surface area contributed by atoms with Crippen LogP contribution in [0.4, 0.5) is 55.9 Å². The average Bonchev–Trinajstić information content (AvgIpc) is 4.09. The molecule has 0 radical (unpaired) electrons. The number of halogens is 2. The monoisotopic (exact) mass is 1130 g/mol. The van der Waals surface area contributed by atoms with Crippen LogP contribution in [0.3, 0.4) is 0 Å². The molecule has 6 aromatic rings. The summed E-state index contributed by atoms with van der Waals surface area (Å²) in [6.07, 6.45) is 3.12. The van der Waals surface area contributed by atoms with Crippen LogP contribution >= 0.6 is 23.2 Å². The number of hydrogen-bond acceptors (Lipinski definition) is 24. The Morgan fingerprint density at radius 2 is 1.05 bits per heavy atom. The Kier molecular flexibility index (Phi) is 17.8. The number of piperidine rings is 2. The van der Waals surface area contributed by atoms with Gasteiger partial charge in [0.15, 0.2) is 34.3 Å². The molecule has 4 aliphatic heterocycles. The van der Waals surface area contributed by atoms with Crippen molar-refractivity contribution in [2.45, 2.75) is 62.9 Å². The first-order chi connectivity index (χ1) is 38.9. The summed E-state index contributed by atoms with van der Waals surface area (Å²) < 4.78 is 23.1. The number of rotatable bonds is 16. The van der Waals surface area contributed by atoms with Crippen molar-refractivity contribution in [2.75, 3.05) is 111 Å². The van der Waals surface area contributed by atoms with Crippen LogP contribution in [0.15, 0.2) is 36.7 Å². The van der Waals surface area contributed by atoms with E-state index in [0.29, 0.717) is 145 Å². The molecule has 80 heavy (non-hydrogen) atoms. The Hall–Kier alpha value is -8.74. The molecule has 30 heteroatoms. The molecule has 4 aromatic heterocycles. The minimum absolute atomic E-state index is 0.112. The first kappa shape index (κ1) is 56.0. The van der Waals surface area contributed by atoms with Gasteiger partial charge in [-0.15, -0.1) is 10.2 Å². The predicted octanol–water partition coefficient (Wildman–Crippen LogP) is 3.98. The molecule has 4 saturated heterocycles. The number of fused-ring (bicyclic) bond motifs is 2. The normalized spacial score (nSPS) is 18.9. The highest BCUT2D eigenvalue weighted by atomic mass is 35.5. The fourth-order valence-electron chi connectivity index (χ4n) is 9.54. The quantitative estimate of drug-likeness (QED) is 0.0679. The van der Waals surface area contributed by atoms with E-state index in [1.165, 1.54) is 35.6 Å². The van der Waals surface area contributed by atoms with E-state index in [2.05, 4.69) is 107 Å². The molecule has 8 N–H and O–H groups in total. The molecule has 0 spiro atoms. The van der Waals surface area contributed by atoms with E-state index in [9.17, 15) is 30.6 Å².